The van der Waals surface area contributed by atoms with Crippen molar-refractivity contribution in [2.75, 3.05) is 0 Å². The molecule has 0 aromatic carbocycles. The van der Waals surface area contributed by atoms with E-state index >= 15 is 0 Å². The normalized spacial score (nSPS) is 14.5. The van der Waals surface area contributed by atoms with Gasteiger partial charge >= 0.3 is 0 Å². The number of rotatable bonds is 2. The summed E-state index contributed by atoms with van der Waals surface area (Å²) in [5, 5.41) is 0. The first-order valence-corrected chi connectivity index (χ1v) is 2.61. The number of hydrogen-bond donors (Lipinski definition) is 1. The van der Waals surface area contributed by atoms with E-state index in [1.165, 1.54) is 0 Å². The minimum absolute atomic E-state index is 0.573. The predicted molar refractivity (Wildman–Crippen MR) is 28.8 cm³/mol. The molecule has 1 atom stereocenters. The number of thiol groups is 1. The molecule has 0 saturated heterocycles. The summed E-state index contributed by atoms with van der Waals surface area (Å²) in [6.45, 7) is 1.93. The second-order valence-corrected chi connectivity index (χ2v) is 1.78. The van der Waals surface area contributed by atoms with Crippen LogP contribution in [0.2, 0.25) is 0 Å². The summed E-state index contributed by atoms with van der Waals surface area (Å²) in [4.78, 5) is 0. The molecule has 0 aliphatic heterocycles. The van der Waals surface area contributed by atoms with Gasteiger partial charge in [-0.15, -0.1) is 12.6 Å². The Bertz CT molecular complexity index is 28.7. The van der Waals surface area contributed by atoms with Gasteiger partial charge in [-0.05, 0) is 6.42 Å². The van der Waals surface area contributed by atoms with Crippen LogP contribution in [0.1, 0.15) is 19.8 Å². The third-order valence-electron chi connectivity index (χ3n) is 0.527. The van der Waals surface area contributed by atoms with Crippen LogP contribution in [-0.2, 0) is 0 Å². The molecular formula is C4H9FS. The molecule has 0 fully saturated rings. The van der Waals surface area contributed by atoms with Crippen molar-refractivity contribution >= 4 is 12.6 Å². The van der Waals surface area contributed by atoms with Crippen LogP contribution in [0, 0.1) is 0 Å². The average Bonchev–Trinajstić information content (AvgIpc) is 1.35. The van der Waals surface area contributed by atoms with Gasteiger partial charge in [0, 0.05) is 0 Å². The lowest BCUT2D eigenvalue weighted by atomic mass is 10.4. The Kier molecular flexibility index (Phi) is 3.63. The average molecular weight is 108 g/mol. The molecule has 0 bridgehead atoms. The first kappa shape index (κ1) is 6.28. The molecule has 6 heavy (non-hydrogen) atoms. The van der Waals surface area contributed by atoms with Crippen molar-refractivity contribution < 1.29 is 4.39 Å². The molecule has 0 N–H and O–H groups in total. The summed E-state index contributed by atoms with van der Waals surface area (Å²) in [6, 6.07) is 0. The molecular weight excluding hydrogens is 99.1 g/mol. The Morgan fingerprint density at radius 1 is 1.83 bits per heavy atom. The number of hydrogen-bond acceptors (Lipinski definition) is 1. The first-order chi connectivity index (χ1) is 2.77. The van der Waals surface area contributed by atoms with Gasteiger partial charge in [0.25, 0.3) is 0 Å². The lowest BCUT2D eigenvalue weighted by Gasteiger charge is -1.91. The van der Waals surface area contributed by atoms with Crippen LogP contribution in [0.3, 0.4) is 0 Å². The van der Waals surface area contributed by atoms with Crippen molar-refractivity contribution in [3.05, 3.63) is 0 Å². The summed E-state index contributed by atoms with van der Waals surface area (Å²) < 4.78 is 11.6. The summed E-state index contributed by atoms with van der Waals surface area (Å²) in [5.74, 6) is 0. The van der Waals surface area contributed by atoms with Crippen LogP contribution in [0.5, 0.6) is 0 Å². The van der Waals surface area contributed by atoms with Crippen LogP contribution < -0.4 is 0 Å². The van der Waals surface area contributed by atoms with E-state index in [4.69, 9.17) is 0 Å². The molecule has 0 nitrogen and oxygen atoms in total. The van der Waals surface area contributed by atoms with Crippen LogP contribution in [0.4, 0.5) is 4.39 Å². The van der Waals surface area contributed by atoms with E-state index < -0.39 is 5.50 Å². The zero-order valence-electron chi connectivity index (χ0n) is 3.82. The van der Waals surface area contributed by atoms with Gasteiger partial charge in [-0.3, -0.25) is 0 Å². The lowest BCUT2D eigenvalue weighted by Crippen LogP contribution is -1.83. The molecule has 0 radical (unpaired) electrons. The molecule has 0 aromatic heterocycles. The summed E-state index contributed by atoms with van der Waals surface area (Å²) in [7, 11) is 0. The maximum absolute atomic E-state index is 11.6. The van der Waals surface area contributed by atoms with Crippen molar-refractivity contribution in [2.24, 2.45) is 0 Å². The van der Waals surface area contributed by atoms with E-state index in [-0.39, 0.29) is 0 Å². The van der Waals surface area contributed by atoms with E-state index in [0.717, 1.165) is 6.42 Å². The maximum atomic E-state index is 11.6. The second kappa shape index (κ2) is 3.47. The number of alkyl halides is 1. The molecule has 2 heteroatoms. The quantitative estimate of drug-likeness (QED) is 0.514. The highest BCUT2D eigenvalue weighted by Crippen LogP contribution is 2.03. The van der Waals surface area contributed by atoms with Gasteiger partial charge < -0.3 is 0 Å². The van der Waals surface area contributed by atoms with Crippen molar-refractivity contribution in [3.8, 4) is 0 Å². The molecule has 0 rings (SSSR count). The van der Waals surface area contributed by atoms with Gasteiger partial charge in [0.2, 0.25) is 0 Å². The Hall–Kier alpha value is 0.280. The lowest BCUT2D eigenvalue weighted by molar-refractivity contribution is 0.429. The Balaban J connectivity index is 2.63. The van der Waals surface area contributed by atoms with E-state index in [1.54, 1.807) is 0 Å². The fourth-order valence-corrected chi connectivity index (χ4v) is 0.496. The molecule has 0 amide bonds. The summed E-state index contributed by atoms with van der Waals surface area (Å²) in [5.41, 5.74) is -0.907. The minimum atomic E-state index is -0.907. The van der Waals surface area contributed by atoms with Crippen LogP contribution >= 0.6 is 12.6 Å². The Morgan fingerprint density at radius 3 is 2.33 bits per heavy atom. The zero-order chi connectivity index (χ0) is 4.99. The molecule has 0 aliphatic carbocycles. The second-order valence-electron chi connectivity index (χ2n) is 1.22. The molecule has 0 aromatic rings. The molecule has 0 aliphatic rings. The Morgan fingerprint density at radius 2 is 2.33 bits per heavy atom. The topological polar surface area (TPSA) is 0 Å². The van der Waals surface area contributed by atoms with Crippen molar-refractivity contribution in [1.82, 2.24) is 0 Å². The summed E-state index contributed by atoms with van der Waals surface area (Å²) >= 11 is 3.51. The SMILES string of the molecule is CCC[C@@H](F)S. The molecule has 0 heterocycles. The van der Waals surface area contributed by atoms with Crippen LogP contribution in [0.25, 0.3) is 0 Å². The fraction of sp³-hybridized carbons (Fsp3) is 1.00. The van der Waals surface area contributed by atoms with E-state index in [9.17, 15) is 4.39 Å². The highest BCUT2D eigenvalue weighted by atomic mass is 32.1. The smallest absolute Gasteiger partial charge is 0.143 e. The van der Waals surface area contributed by atoms with E-state index in [1.807, 2.05) is 6.92 Å². The zero-order valence-corrected chi connectivity index (χ0v) is 4.71. The maximum Gasteiger partial charge on any atom is 0.143 e. The van der Waals surface area contributed by atoms with E-state index in [0.29, 0.717) is 6.42 Å². The largest absolute Gasteiger partial charge is 0.236 e. The monoisotopic (exact) mass is 108 g/mol. The van der Waals surface area contributed by atoms with Crippen molar-refractivity contribution in [1.29, 1.82) is 0 Å². The standard InChI is InChI=1S/C4H9FS/c1-2-3-4(5)6/h4,6H,2-3H2,1H3/t4-/m0/s1. The highest BCUT2D eigenvalue weighted by Gasteiger charge is 1.91. The molecule has 0 spiro atoms. The molecule has 0 unspecified atom stereocenters. The third-order valence-corrected chi connectivity index (χ3v) is 0.785. The third kappa shape index (κ3) is 4.28. The Labute approximate surface area is 43.2 Å². The van der Waals surface area contributed by atoms with Crippen molar-refractivity contribution in [3.63, 3.8) is 0 Å². The molecule has 0 saturated carbocycles. The van der Waals surface area contributed by atoms with Gasteiger partial charge in [0.1, 0.15) is 5.50 Å². The summed E-state index contributed by atoms with van der Waals surface area (Å²) in [6.07, 6.45) is 1.45. The molecule has 38 valence electrons. The van der Waals surface area contributed by atoms with Gasteiger partial charge in [0.05, 0.1) is 0 Å². The van der Waals surface area contributed by atoms with Crippen LogP contribution in [0.15, 0.2) is 0 Å². The van der Waals surface area contributed by atoms with Gasteiger partial charge in [-0.25, -0.2) is 4.39 Å². The number of halogens is 1. The minimum Gasteiger partial charge on any atom is -0.236 e. The van der Waals surface area contributed by atoms with E-state index in [2.05, 4.69) is 12.6 Å². The fourth-order valence-electron chi connectivity index (χ4n) is 0.238. The highest BCUT2D eigenvalue weighted by molar-refractivity contribution is 7.80. The van der Waals surface area contributed by atoms with Crippen molar-refractivity contribution in [2.45, 2.75) is 25.3 Å². The first-order valence-electron chi connectivity index (χ1n) is 2.09. The van der Waals surface area contributed by atoms with Gasteiger partial charge in [-0.1, -0.05) is 13.3 Å². The van der Waals surface area contributed by atoms with Gasteiger partial charge in [-0.2, -0.15) is 0 Å². The van der Waals surface area contributed by atoms with Crippen LogP contribution in [-0.4, -0.2) is 5.50 Å². The van der Waals surface area contributed by atoms with Gasteiger partial charge in [0.15, 0.2) is 0 Å². The predicted octanol–water partition coefficient (Wildman–Crippen LogP) is 2.01.